The number of amides is 2. The van der Waals surface area contributed by atoms with E-state index in [9.17, 15) is 9.59 Å². The van der Waals surface area contributed by atoms with Crippen LogP contribution in [0.2, 0.25) is 0 Å². The molecule has 0 radical (unpaired) electrons. The van der Waals surface area contributed by atoms with Gasteiger partial charge in [-0.1, -0.05) is 30.3 Å². The molecule has 4 nitrogen and oxygen atoms in total. The van der Waals surface area contributed by atoms with Gasteiger partial charge in [0, 0.05) is 6.04 Å². The Morgan fingerprint density at radius 1 is 1.22 bits per heavy atom. The third-order valence-corrected chi connectivity index (χ3v) is 2.94. The first kappa shape index (κ1) is 12.6. The third kappa shape index (κ3) is 3.87. The predicted octanol–water partition coefficient (Wildman–Crippen LogP) is 1.53. The minimum absolute atomic E-state index is 0.0765. The van der Waals surface area contributed by atoms with E-state index in [-0.39, 0.29) is 24.3 Å². The Morgan fingerprint density at radius 2 is 1.89 bits per heavy atom. The molecule has 1 aromatic rings. The molecule has 1 fully saturated rings. The molecule has 0 aromatic heterocycles. The van der Waals surface area contributed by atoms with Crippen molar-refractivity contribution in [1.82, 2.24) is 10.6 Å². The van der Waals surface area contributed by atoms with Crippen molar-refractivity contribution >= 4 is 11.8 Å². The minimum Gasteiger partial charge on any atom is -0.353 e. The molecule has 0 saturated heterocycles. The number of hydrogen-bond acceptors (Lipinski definition) is 2. The van der Waals surface area contributed by atoms with Gasteiger partial charge in [0.05, 0.1) is 6.04 Å². The lowest BCUT2D eigenvalue weighted by Gasteiger charge is -2.14. The van der Waals surface area contributed by atoms with Crippen LogP contribution >= 0.6 is 0 Å². The fourth-order valence-corrected chi connectivity index (χ4v) is 1.77. The molecule has 96 valence electrons. The van der Waals surface area contributed by atoms with Crippen LogP contribution in [0.15, 0.2) is 30.3 Å². The average molecular weight is 246 g/mol. The van der Waals surface area contributed by atoms with Crippen molar-refractivity contribution < 1.29 is 9.59 Å². The Labute approximate surface area is 107 Å². The fraction of sp³-hybridized carbons (Fsp3) is 0.429. The maximum Gasteiger partial charge on any atom is 0.229 e. The fourth-order valence-electron chi connectivity index (χ4n) is 1.77. The number of hydrogen-bond donors (Lipinski definition) is 2. The Hall–Kier alpha value is -1.84. The van der Waals surface area contributed by atoms with Crippen molar-refractivity contribution in [2.24, 2.45) is 0 Å². The topological polar surface area (TPSA) is 58.2 Å². The van der Waals surface area contributed by atoms with Crippen molar-refractivity contribution in [3.05, 3.63) is 35.9 Å². The predicted molar refractivity (Wildman–Crippen MR) is 68.8 cm³/mol. The number of nitrogens with one attached hydrogen (secondary N) is 2. The minimum atomic E-state index is -0.232. The summed E-state index contributed by atoms with van der Waals surface area (Å²) in [5.41, 5.74) is 1.04. The highest BCUT2D eigenvalue weighted by Gasteiger charge is 2.24. The van der Waals surface area contributed by atoms with Crippen LogP contribution in [0.5, 0.6) is 0 Å². The van der Waals surface area contributed by atoms with E-state index in [1.807, 2.05) is 37.3 Å². The molecular weight excluding hydrogens is 228 g/mol. The van der Waals surface area contributed by atoms with Crippen LogP contribution in [0.1, 0.15) is 37.8 Å². The van der Waals surface area contributed by atoms with Crippen molar-refractivity contribution in [1.29, 1.82) is 0 Å². The first-order valence-electron chi connectivity index (χ1n) is 6.29. The smallest absolute Gasteiger partial charge is 0.229 e. The summed E-state index contributed by atoms with van der Waals surface area (Å²) >= 11 is 0. The summed E-state index contributed by atoms with van der Waals surface area (Å²) in [5.74, 6) is -0.417. The summed E-state index contributed by atoms with van der Waals surface area (Å²) in [4.78, 5) is 23.1. The second kappa shape index (κ2) is 5.67. The van der Waals surface area contributed by atoms with Crippen LogP contribution in [0.25, 0.3) is 0 Å². The van der Waals surface area contributed by atoms with E-state index < -0.39 is 0 Å². The molecular formula is C14H18N2O2. The lowest BCUT2D eigenvalue weighted by Crippen LogP contribution is -2.34. The normalized spacial score (nSPS) is 15.8. The monoisotopic (exact) mass is 246 g/mol. The van der Waals surface area contributed by atoms with E-state index in [4.69, 9.17) is 0 Å². The van der Waals surface area contributed by atoms with Gasteiger partial charge in [-0.2, -0.15) is 0 Å². The molecule has 1 aromatic carbocycles. The zero-order valence-corrected chi connectivity index (χ0v) is 10.5. The number of rotatable bonds is 5. The number of benzene rings is 1. The van der Waals surface area contributed by atoms with Crippen LogP contribution in [-0.2, 0) is 9.59 Å². The van der Waals surface area contributed by atoms with Crippen molar-refractivity contribution in [3.8, 4) is 0 Å². The molecule has 0 aliphatic heterocycles. The van der Waals surface area contributed by atoms with E-state index >= 15 is 0 Å². The molecule has 0 bridgehead atoms. The summed E-state index contributed by atoms with van der Waals surface area (Å²) in [7, 11) is 0. The highest BCUT2D eigenvalue weighted by Crippen LogP contribution is 2.18. The van der Waals surface area contributed by atoms with Crippen LogP contribution in [0.4, 0.5) is 0 Å². The van der Waals surface area contributed by atoms with Gasteiger partial charge in [-0.25, -0.2) is 0 Å². The SMILES string of the molecule is CC(NC(=O)CC(=O)NC1CC1)c1ccccc1. The molecule has 1 aliphatic carbocycles. The molecule has 1 saturated carbocycles. The molecule has 1 aliphatic rings. The zero-order chi connectivity index (χ0) is 13.0. The van der Waals surface area contributed by atoms with Crippen LogP contribution in [-0.4, -0.2) is 17.9 Å². The van der Waals surface area contributed by atoms with Crippen molar-refractivity contribution in [2.45, 2.75) is 38.3 Å². The van der Waals surface area contributed by atoms with Crippen LogP contribution < -0.4 is 10.6 Å². The molecule has 1 unspecified atom stereocenters. The first-order chi connectivity index (χ1) is 8.65. The maximum atomic E-state index is 11.7. The van der Waals surface area contributed by atoms with E-state index in [1.165, 1.54) is 0 Å². The van der Waals surface area contributed by atoms with Gasteiger partial charge in [0.25, 0.3) is 0 Å². The van der Waals surface area contributed by atoms with E-state index in [1.54, 1.807) is 0 Å². The number of carbonyl (C=O) groups excluding carboxylic acids is 2. The molecule has 0 spiro atoms. The average Bonchev–Trinajstić information content (AvgIpc) is 3.13. The highest BCUT2D eigenvalue weighted by atomic mass is 16.2. The Morgan fingerprint density at radius 3 is 2.50 bits per heavy atom. The zero-order valence-electron chi connectivity index (χ0n) is 10.5. The largest absolute Gasteiger partial charge is 0.353 e. The maximum absolute atomic E-state index is 11.7. The van der Waals surface area contributed by atoms with Gasteiger partial charge in [0.2, 0.25) is 11.8 Å². The summed E-state index contributed by atoms with van der Waals surface area (Å²) < 4.78 is 0. The molecule has 2 rings (SSSR count). The van der Waals surface area contributed by atoms with Crippen LogP contribution in [0.3, 0.4) is 0 Å². The van der Waals surface area contributed by atoms with Gasteiger partial charge < -0.3 is 10.6 Å². The van der Waals surface area contributed by atoms with Gasteiger partial charge in [-0.15, -0.1) is 0 Å². The van der Waals surface area contributed by atoms with Gasteiger partial charge in [0.15, 0.2) is 0 Å². The molecule has 4 heteroatoms. The molecule has 2 amide bonds. The van der Waals surface area contributed by atoms with Crippen molar-refractivity contribution in [2.75, 3.05) is 0 Å². The molecule has 1 atom stereocenters. The van der Waals surface area contributed by atoms with Gasteiger partial charge >= 0.3 is 0 Å². The van der Waals surface area contributed by atoms with Crippen molar-refractivity contribution in [3.63, 3.8) is 0 Å². The Kier molecular flexibility index (Phi) is 3.97. The van der Waals surface area contributed by atoms with Gasteiger partial charge in [-0.3, -0.25) is 9.59 Å². The molecule has 2 N–H and O–H groups in total. The quantitative estimate of drug-likeness (QED) is 0.774. The second-order valence-corrected chi connectivity index (χ2v) is 4.72. The van der Waals surface area contributed by atoms with Gasteiger partial charge in [0.1, 0.15) is 6.42 Å². The Balaban J connectivity index is 1.77. The number of carbonyl (C=O) groups is 2. The lowest BCUT2D eigenvalue weighted by atomic mass is 10.1. The summed E-state index contributed by atoms with van der Waals surface area (Å²) in [6.07, 6.45) is 1.98. The first-order valence-corrected chi connectivity index (χ1v) is 6.29. The summed E-state index contributed by atoms with van der Waals surface area (Å²) in [6.45, 7) is 1.91. The Bertz CT molecular complexity index is 427. The van der Waals surface area contributed by atoms with E-state index in [0.29, 0.717) is 6.04 Å². The highest BCUT2D eigenvalue weighted by molar-refractivity contribution is 5.97. The van der Waals surface area contributed by atoms with Gasteiger partial charge in [-0.05, 0) is 25.3 Å². The standard InChI is InChI=1S/C14H18N2O2/c1-10(11-5-3-2-4-6-11)15-13(17)9-14(18)16-12-7-8-12/h2-6,10,12H,7-9H2,1H3,(H,15,17)(H,16,18). The van der Waals surface area contributed by atoms with Crippen LogP contribution in [0, 0.1) is 0 Å². The molecule has 0 heterocycles. The lowest BCUT2D eigenvalue weighted by molar-refractivity contribution is -0.129. The van der Waals surface area contributed by atoms with E-state index in [0.717, 1.165) is 18.4 Å². The summed E-state index contributed by atoms with van der Waals surface area (Å²) in [6, 6.07) is 9.92. The third-order valence-electron chi connectivity index (χ3n) is 2.94. The van der Waals surface area contributed by atoms with E-state index in [2.05, 4.69) is 10.6 Å². The second-order valence-electron chi connectivity index (χ2n) is 4.72. The summed E-state index contributed by atoms with van der Waals surface area (Å²) in [5, 5.41) is 5.62. The molecule has 18 heavy (non-hydrogen) atoms.